The van der Waals surface area contributed by atoms with E-state index in [1.807, 2.05) is 42.1 Å². The molecule has 1 N–H and O–H groups in total. The number of fused-ring (bicyclic) bond motifs is 1. The summed E-state index contributed by atoms with van der Waals surface area (Å²) in [6, 6.07) is 7.77. The predicted octanol–water partition coefficient (Wildman–Crippen LogP) is 3.43. The number of aryl methyl sites for hydroxylation is 2. The van der Waals surface area contributed by atoms with E-state index in [1.165, 1.54) is 0 Å². The van der Waals surface area contributed by atoms with Crippen molar-refractivity contribution in [3.63, 3.8) is 0 Å². The normalized spacial score (nSPS) is 12.9. The van der Waals surface area contributed by atoms with Crippen LogP contribution in [0.4, 0.5) is 0 Å². The van der Waals surface area contributed by atoms with Crippen molar-refractivity contribution < 1.29 is 9.52 Å². The van der Waals surface area contributed by atoms with Crippen LogP contribution in [0.5, 0.6) is 0 Å². The fourth-order valence-electron chi connectivity index (χ4n) is 2.57. The number of hydrogen-bond acceptors (Lipinski definition) is 3. The van der Waals surface area contributed by atoms with Crippen LogP contribution in [0.25, 0.3) is 11.0 Å². The first-order valence-corrected chi connectivity index (χ1v) is 6.89. The third-order valence-electron chi connectivity index (χ3n) is 3.51. The maximum absolute atomic E-state index is 10.6. The summed E-state index contributed by atoms with van der Waals surface area (Å²) in [5.74, 6) is 0.752. The lowest BCUT2D eigenvalue weighted by Crippen LogP contribution is -2.00. The number of benzene rings is 1. The molecule has 0 aliphatic rings. The third-order valence-corrected chi connectivity index (χ3v) is 3.51. The van der Waals surface area contributed by atoms with Crippen LogP contribution in [0.3, 0.4) is 0 Å². The zero-order valence-corrected chi connectivity index (χ0v) is 11.7. The molecule has 2 heterocycles. The van der Waals surface area contributed by atoms with E-state index in [0.717, 1.165) is 40.8 Å². The molecule has 1 aromatic carbocycles. The Hall–Kier alpha value is -2.07. The van der Waals surface area contributed by atoms with Gasteiger partial charge in [0.2, 0.25) is 0 Å². The standard InChI is InChI=1S/C16H18N2O2/c1-3-8-18-10-12(9-17-18)16(19)15-11(2)20-14-7-5-4-6-13(14)15/h4-7,9-10,16,19H,3,8H2,1-2H3. The van der Waals surface area contributed by atoms with Gasteiger partial charge in [-0.15, -0.1) is 0 Å². The monoisotopic (exact) mass is 270 g/mol. The molecule has 4 heteroatoms. The van der Waals surface area contributed by atoms with Crippen LogP contribution in [0.1, 0.15) is 36.3 Å². The Morgan fingerprint density at radius 1 is 1.35 bits per heavy atom. The fraction of sp³-hybridized carbons (Fsp3) is 0.312. The van der Waals surface area contributed by atoms with E-state index >= 15 is 0 Å². The van der Waals surface area contributed by atoms with Crippen molar-refractivity contribution in [2.75, 3.05) is 0 Å². The van der Waals surface area contributed by atoms with Gasteiger partial charge in [0, 0.05) is 29.3 Å². The molecule has 3 rings (SSSR count). The highest BCUT2D eigenvalue weighted by Gasteiger charge is 2.21. The number of aromatic nitrogens is 2. The molecule has 0 radical (unpaired) electrons. The van der Waals surface area contributed by atoms with Crippen LogP contribution in [0.15, 0.2) is 41.1 Å². The Morgan fingerprint density at radius 3 is 2.95 bits per heavy atom. The van der Waals surface area contributed by atoms with Gasteiger partial charge in [0.15, 0.2) is 0 Å². The Balaban J connectivity index is 2.02. The summed E-state index contributed by atoms with van der Waals surface area (Å²) in [7, 11) is 0. The van der Waals surface area contributed by atoms with Crippen molar-refractivity contribution in [3.8, 4) is 0 Å². The van der Waals surface area contributed by atoms with Gasteiger partial charge < -0.3 is 9.52 Å². The quantitative estimate of drug-likeness (QED) is 0.790. The molecule has 104 valence electrons. The highest BCUT2D eigenvalue weighted by molar-refractivity contribution is 5.83. The summed E-state index contributed by atoms with van der Waals surface area (Å²) in [4.78, 5) is 0. The second-order valence-electron chi connectivity index (χ2n) is 5.01. The molecule has 1 atom stereocenters. The van der Waals surface area contributed by atoms with E-state index in [-0.39, 0.29) is 0 Å². The summed E-state index contributed by atoms with van der Waals surface area (Å²) < 4.78 is 7.57. The van der Waals surface area contributed by atoms with Gasteiger partial charge in [-0.2, -0.15) is 5.10 Å². The van der Waals surface area contributed by atoms with Crippen LogP contribution in [0, 0.1) is 6.92 Å². The van der Waals surface area contributed by atoms with Gasteiger partial charge in [-0.3, -0.25) is 4.68 Å². The number of furan rings is 1. The summed E-state index contributed by atoms with van der Waals surface area (Å²) in [5.41, 5.74) is 2.43. The van der Waals surface area contributed by atoms with E-state index in [4.69, 9.17) is 4.42 Å². The summed E-state index contributed by atoms with van der Waals surface area (Å²) in [6.07, 6.45) is 3.94. The van der Waals surface area contributed by atoms with Crippen molar-refractivity contribution in [1.82, 2.24) is 9.78 Å². The predicted molar refractivity (Wildman–Crippen MR) is 77.5 cm³/mol. The first kappa shape index (κ1) is 12.9. The molecule has 2 aromatic heterocycles. The lowest BCUT2D eigenvalue weighted by molar-refractivity contribution is 0.219. The Morgan fingerprint density at radius 2 is 2.15 bits per heavy atom. The zero-order valence-electron chi connectivity index (χ0n) is 11.7. The second kappa shape index (κ2) is 5.13. The molecule has 0 spiro atoms. The first-order valence-electron chi connectivity index (χ1n) is 6.89. The maximum atomic E-state index is 10.6. The maximum Gasteiger partial charge on any atom is 0.134 e. The molecular formula is C16H18N2O2. The van der Waals surface area contributed by atoms with Crippen molar-refractivity contribution in [3.05, 3.63) is 53.5 Å². The summed E-state index contributed by atoms with van der Waals surface area (Å²) in [5, 5.41) is 15.9. The topological polar surface area (TPSA) is 51.2 Å². The van der Waals surface area contributed by atoms with E-state index in [2.05, 4.69) is 12.0 Å². The Labute approximate surface area is 117 Å². The molecule has 0 amide bonds. The first-order chi connectivity index (χ1) is 9.70. The van der Waals surface area contributed by atoms with Gasteiger partial charge in [-0.25, -0.2) is 0 Å². The highest BCUT2D eigenvalue weighted by atomic mass is 16.3. The van der Waals surface area contributed by atoms with Crippen molar-refractivity contribution in [2.24, 2.45) is 0 Å². The number of nitrogens with zero attached hydrogens (tertiary/aromatic N) is 2. The van der Waals surface area contributed by atoms with Gasteiger partial charge in [0.1, 0.15) is 17.4 Å². The minimum atomic E-state index is -0.704. The largest absolute Gasteiger partial charge is 0.461 e. The van der Waals surface area contributed by atoms with Crippen molar-refractivity contribution in [1.29, 1.82) is 0 Å². The molecule has 0 bridgehead atoms. The number of para-hydroxylation sites is 1. The van der Waals surface area contributed by atoms with Crippen molar-refractivity contribution in [2.45, 2.75) is 32.9 Å². The van der Waals surface area contributed by atoms with E-state index in [9.17, 15) is 5.11 Å². The number of aliphatic hydroxyl groups is 1. The van der Waals surface area contributed by atoms with E-state index in [1.54, 1.807) is 6.20 Å². The molecule has 0 aliphatic heterocycles. The summed E-state index contributed by atoms with van der Waals surface area (Å²) in [6.45, 7) is 4.85. The average molecular weight is 270 g/mol. The van der Waals surface area contributed by atoms with E-state index < -0.39 is 6.10 Å². The molecule has 4 nitrogen and oxygen atoms in total. The van der Waals surface area contributed by atoms with Gasteiger partial charge in [0.25, 0.3) is 0 Å². The zero-order chi connectivity index (χ0) is 14.1. The lowest BCUT2D eigenvalue weighted by atomic mass is 10.0. The average Bonchev–Trinajstić information content (AvgIpc) is 3.02. The number of aliphatic hydroxyl groups excluding tert-OH is 1. The fourth-order valence-corrected chi connectivity index (χ4v) is 2.57. The van der Waals surface area contributed by atoms with Gasteiger partial charge in [-0.1, -0.05) is 25.1 Å². The van der Waals surface area contributed by atoms with Crippen LogP contribution in [-0.2, 0) is 6.54 Å². The molecule has 0 saturated carbocycles. The van der Waals surface area contributed by atoms with Crippen LogP contribution in [-0.4, -0.2) is 14.9 Å². The molecule has 20 heavy (non-hydrogen) atoms. The molecule has 0 aliphatic carbocycles. The molecule has 1 unspecified atom stereocenters. The van der Waals surface area contributed by atoms with Gasteiger partial charge >= 0.3 is 0 Å². The third kappa shape index (κ3) is 2.12. The van der Waals surface area contributed by atoms with Gasteiger partial charge in [0.05, 0.1) is 6.20 Å². The molecule has 0 saturated heterocycles. The lowest BCUT2D eigenvalue weighted by Gasteiger charge is -2.08. The van der Waals surface area contributed by atoms with Crippen LogP contribution < -0.4 is 0 Å². The SMILES string of the molecule is CCCn1cc(C(O)c2c(C)oc3ccccc23)cn1. The molecule has 0 fully saturated rings. The molecule has 3 aromatic rings. The minimum Gasteiger partial charge on any atom is -0.461 e. The van der Waals surface area contributed by atoms with Crippen molar-refractivity contribution >= 4 is 11.0 Å². The Bertz CT molecular complexity index is 727. The van der Waals surface area contributed by atoms with Crippen LogP contribution >= 0.6 is 0 Å². The highest BCUT2D eigenvalue weighted by Crippen LogP contribution is 2.33. The van der Waals surface area contributed by atoms with Gasteiger partial charge in [-0.05, 0) is 19.4 Å². The van der Waals surface area contributed by atoms with Crippen LogP contribution in [0.2, 0.25) is 0 Å². The number of rotatable bonds is 4. The number of hydrogen-bond donors (Lipinski definition) is 1. The smallest absolute Gasteiger partial charge is 0.134 e. The second-order valence-corrected chi connectivity index (χ2v) is 5.01. The van der Waals surface area contributed by atoms with E-state index in [0.29, 0.717) is 0 Å². The Kier molecular flexibility index (Phi) is 3.32. The minimum absolute atomic E-state index is 0.704. The summed E-state index contributed by atoms with van der Waals surface area (Å²) >= 11 is 0. The molecular weight excluding hydrogens is 252 g/mol.